The number of furan rings is 1. The molecule has 1 unspecified atom stereocenters. The third kappa shape index (κ3) is 4.60. The Balaban J connectivity index is 1.61. The lowest BCUT2D eigenvalue weighted by atomic mass is 10.1. The quantitative estimate of drug-likeness (QED) is 0.859. The van der Waals surface area contributed by atoms with Gasteiger partial charge in [0.25, 0.3) is 0 Å². The number of halogens is 1. The highest BCUT2D eigenvalue weighted by Gasteiger charge is 2.25. The van der Waals surface area contributed by atoms with Gasteiger partial charge in [-0.05, 0) is 62.7 Å². The molecule has 1 aliphatic rings. The van der Waals surface area contributed by atoms with Crippen molar-refractivity contribution in [3.8, 4) is 0 Å². The number of aryl methyl sites for hydroxylation is 1. The zero-order chi connectivity index (χ0) is 17.6. The van der Waals surface area contributed by atoms with E-state index in [1.807, 2.05) is 12.1 Å². The van der Waals surface area contributed by atoms with Gasteiger partial charge in [0.2, 0.25) is 0 Å². The van der Waals surface area contributed by atoms with E-state index in [2.05, 4.69) is 15.5 Å². The summed E-state index contributed by atoms with van der Waals surface area (Å²) in [6.07, 6.45) is 5.19. The fourth-order valence-electron chi connectivity index (χ4n) is 3.20. The molecule has 0 spiro atoms. The van der Waals surface area contributed by atoms with Crippen molar-refractivity contribution < 1.29 is 13.6 Å². The maximum absolute atomic E-state index is 13.9. The summed E-state index contributed by atoms with van der Waals surface area (Å²) in [5, 5.41) is 5.41. The topological polar surface area (TPSA) is 57.5 Å². The summed E-state index contributed by atoms with van der Waals surface area (Å²) < 4.78 is 19.4. The van der Waals surface area contributed by atoms with Crippen LogP contribution >= 0.6 is 0 Å². The molecule has 2 amide bonds. The monoisotopic (exact) mass is 345 g/mol. The van der Waals surface area contributed by atoms with Crippen LogP contribution < -0.4 is 10.6 Å². The van der Waals surface area contributed by atoms with Crippen LogP contribution in [0.5, 0.6) is 0 Å². The van der Waals surface area contributed by atoms with Gasteiger partial charge in [-0.1, -0.05) is 12.5 Å². The molecule has 1 atom stereocenters. The molecular formula is C19H24FN3O2. The van der Waals surface area contributed by atoms with Crippen LogP contribution in [0.3, 0.4) is 0 Å². The Kier molecular flexibility index (Phi) is 5.71. The van der Waals surface area contributed by atoms with E-state index in [9.17, 15) is 9.18 Å². The fourth-order valence-corrected chi connectivity index (χ4v) is 3.20. The van der Waals surface area contributed by atoms with Gasteiger partial charge in [0.1, 0.15) is 11.6 Å². The largest absolute Gasteiger partial charge is 0.468 e. The number of hydrogen-bond donors (Lipinski definition) is 2. The van der Waals surface area contributed by atoms with Gasteiger partial charge in [-0.3, -0.25) is 4.90 Å². The molecule has 2 N–H and O–H groups in total. The lowest BCUT2D eigenvalue weighted by Crippen LogP contribution is -2.41. The second-order valence-corrected chi connectivity index (χ2v) is 6.45. The Morgan fingerprint density at radius 2 is 2.08 bits per heavy atom. The number of carbonyl (C=O) groups is 1. The number of anilines is 1. The highest BCUT2D eigenvalue weighted by molar-refractivity contribution is 5.89. The van der Waals surface area contributed by atoms with Crippen LogP contribution in [0.1, 0.15) is 36.6 Å². The van der Waals surface area contributed by atoms with Gasteiger partial charge in [0.15, 0.2) is 0 Å². The van der Waals surface area contributed by atoms with E-state index in [0.29, 0.717) is 6.54 Å². The summed E-state index contributed by atoms with van der Waals surface area (Å²) in [5.41, 5.74) is 0.988. The average molecular weight is 345 g/mol. The number of amides is 2. The lowest BCUT2D eigenvalue weighted by Gasteiger charge is -2.33. The Labute approximate surface area is 147 Å². The van der Waals surface area contributed by atoms with Gasteiger partial charge in [-0.25, -0.2) is 9.18 Å². The van der Waals surface area contributed by atoms with E-state index in [1.54, 1.807) is 25.3 Å². The molecule has 0 saturated carbocycles. The number of benzene rings is 1. The molecule has 1 aliphatic heterocycles. The Hall–Kier alpha value is -2.34. The summed E-state index contributed by atoms with van der Waals surface area (Å²) in [7, 11) is 0. The second-order valence-electron chi connectivity index (χ2n) is 6.45. The number of piperidine rings is 1. The summed E-state index contributed by atoms with van der Waals surface area (Å²) in [6, 6.07) is 8.08. The molecule has 25 heavy (non-hydrogen) atoms. The van der Waals surface area contributed by atoms with E-state index in [-0.39, 0.29) is 11.7 Å². The molecule has 134 valence electrons. The third-order valence-corrected chi connectivity index (χ3v) is 4.53. The maximum Gasteiger partial charge on any atom is 0.319 e. The number of nitrogens with zero attached hydrogens (tertiary/aromatic N) is 1. The van der Waals surface area contributed by atoms with Crippen LogP contribution in [0.15, 0.2) is 41.0 Å². The molecule has 6 heteroatoms. The highest BCUT2D eigenvalue weighted by Crippen LogP contribution is 2.24. The van der Waals surface area contributed by atoms with E-state index < -0.39 is 11.8 Å². The van der Waals surface area contributed by atoms with Crippen LogP contribution in [0, 0.1) is 12.7 Å². The van der Waals surface area contributed by atoms with Crippen molar-refractivity contribution in [3.63, 3.8) is 0 Å². The first-order valence-corrected chi connectivity index (χ1v) is 8.72. The van der Waals surface area contributed by atoms with Crippen molar-refractivity contribution in [2.45, 2.75) is 32.2 Å². The predicted octanol–water partition coefficient (Wildman–Crippen LogP) is 4.08. The Morgan fingerprint density at radius 1 is 1.28 bits per heavy atom. The third-order valence-electron chi connectivity index (χ3n) is 4.53. The first kappa shape index (κ1) is 17.5. The minimum absolute atomic E-state index is 0.0103. The molecule has 1 aromatic carbocycles. The van der Waals surface area contributed by atoms with Crippen LogP contribution in [0.2, 0.25) is 0 Å². The SMILES string of the molecule is Cc1ccc(NC(=O)NCC(c2ccco2)N2CCCCC2)c(F)c1. The van der Waals surface area contributed by atoms with Gasteiger partial charge in [0.05, 0.1) is 18.0 Å². The highest BCUT2D eigenvalue weighted by atomic mass is 19.1. The van der Waals surface area contributed by atoms with Crippen molar-refractivity contribution in [2.75, 3.05) is 25.0 Å². The number of urea groups is 1. The Bertz CT molecular complexity index is 697. The van der Waals surface area contributed by atoms with Crippen molar-refractivity contribution in [1.82, 2.24) is 10.2 Å². The van der Waals surface area contributed by atoms with Crippen molar-refractivity contribution in [3.05, 3.63) is 53.7 Å². The molecule has 0 bridgehead atoms. The maximum atomic E-state index is 13.9. The molecular weight excluding hydrogens is 321 g/mol. The molecule has 0 radical (unpaired) electrons. The Morgan fingerprint density at radius 3 is 2.76 bits per heavy atom. The standard InChI is InChI=1S/C19H24FN3O2/c1-14-7-8-16(15(20)12-14)22-19(24)21-13-17(18-6-5-11-25-18)23-9-3-2-4-10-23/h5-8,11-12,17H,2-4,9-10,13H2,1H3,(H2,21,22,24). The van der Waals surface area contributed by atoms with E-state index in [4.69, 9.17) is 4.42 Å². The van der Waals surface area contributed by atoms with Crippen molar-refractivity contribution in [1.29, 1.82) is 0 Å². The molecule has 2 aromatic rings. The molecule has 1 fully saturated rings. The average Bonchev–Trinajstić information content (AvgIpc) is 3.13. The van der Waals surface area contributed by atoms with Crippen LogP contribution in [-0.2, 0) is 0 Å². The summed E-state index contributed by atoms with van der Waals surface area (Å²) in [4.78, 5) is 14.5. The van der Waals surface area contributed by atoms with Gasteiger partial charge < -0.3 is 15.1 Å². The van der Waals surface area contributed by atoms with Crippen molar-refractivity contribution in [2.24, 2.45) is 0 Å². The molecule has 3 rings (SSSR count). The van der Waals surface area contributed by atoms with Crippen molar-refractivity contribution >= 4 is 11.7 Å². The lowest BCUT2D eigenvalue weighted by molar-refractivity contribution is 0.144. The number of likely N-dealkylation sites (tertiary alicyclic amines) is 1. The van der Waals surface area contributed by atoms with E-state index >= 15 is 0 Å². The molecule has 1 aromatic heterocycles. The number of rotatable bonds is 5. The molecule has 2 heterocycles. The zero-order valence-corrected chi connectivity index (χ0v) is 14.4. The van der Waals surface area contributed by atoms with Crippen LogP contribution in [-0.4, -0.2) is 30.6 Å². The van der Waals surface area contributed by atoms with E-state index in [1.165, 1.54) is 12.5 Å². The van der Waals surface area contributed by atoms with Crippen LogP contribution in [0.4, 0.5) is 14.9 Å². The van der Waals surface area contributed by atoms with Gasteiger partial charge in [-0.2, -0.15) is 0 Å². The van der Waals surface area contributed by atoms with Gasteiger partial charge in [0, 0.05) is 6.54 Å². The smallest absolute Gasteiger partial charge is 0.319 e. The first-order valence-electron chi connectivity index (χ1n) is 8.72. The van der Waals surface area contributed by atoms with E-state index in [0.717, 1.165) is 37.3 Å². The van der Waals surface area contributed by atoms with Gasteiger partial charge in [-0.15, -0.1) is 0 Å². The normalized spacial score (nSPS) is 16.4. The minimum Gasteiger partial charge on any atom is -0.468 e. The molecule has 0 aliphatic carbocycles. The fraction of sp³-hybridized carbons (Fsp3) is 0.421. The summed E-state index contributed by atoms with van der Waals surface area (Å²) >= 11 is 0. The second kappa shape index (κ2) is 8.16. The number of carbonyl (C=O) groups excluding carboxylic acids is 1. The predicted molar refractivity (Wildman–Crippen MR) is 95.0 cm³/mol. The number of nitrogens with one attached hydrogen (secondary N) is 2. The molecule has 1 saturated heterocycles. The van der Waals surface area contributed by atoms with Crippen LogP contribution in [0.25, 0.3) is 0 Å². The number of hydrogen-bond acceptors (Lipinski definition) is 3. The first-order chi connectivity index (χ1) is 12.1. The van der Waals surface area contributed by atoms with Gasteiger partial charge >= 0.3 is 6.03 Å². The summed E-state index contributed by atoms with van der Waals surface area (Å²) in [6.45, 7) is 4.19. The molecule has 5 nitrogen and oxygen atoms in total. The summed E-state index contributed by atoms with van der Waals surface area (Å²) in [5.74, 6) is 0.400. The zero-order valence-electron chi connectivity index (χ0n) is 14.4. The minimum atomic E-state index is -0.436.